The Kier molecular flexibility index (Phi) is 4.39. The van der Waals surface area contributed by atoms with E-state index in [2.05, 4.69) is 0 Å². The summed E-state index contributed by atoms with van der Waals surface area (Å²) in [5.74, 6) is 0.232. The Hall–Kier alpha value is -0.770. The summed E-state index contributed by atoms with van der Waals surface area (Å²) in [5.41, 5.74) is 5.20. The molecule has 14 heavy (non-hydrogen) atoms. The average molecular weight is 202 g/mol. The van der Waals surface area contributed by atoms with Crippen LogP contribution in [0, 0.1) is 5.92 Å². The lowest BCUT2D eigenvalue weighted by atomic mass is 9.96. The Morgan fingerprint density at radius 2 is 1.86 bits per heavy atom. The van der Waals surface area contributed by atoms with Gasteiger partial charge in [0.2, 0.25) is 0 Å². The summed E-state index contributed by atoms with van der Waals surface area (Å²) >= 11 is 0. The Morgan fingerprint density at radius 3 is 1.93 bits per heavy atom. The Bertz CT molecular complexity index is 197. The minimum Gasteiger partial charge on any atom is -0.465 e. The fourth-order valence-electron chi connectivity index (χ4n) is 1.60. The van der Waals surface area contributed by atoms with E-state index in [0.29, 0.717) is 6.54 Å². The van der Waals surface area contributed by atoms with Crippen LogP contribution in [0.15, 0.2) is 0 Å². The van der Waals surface area contributed by atoms with E-state index in [-0.39, 0.29) is 12.0 Å². The molecule has 0 heterocycles. The first kappa shape index (κ1) is 13.2. The maximum absolute atomic E-state index is 11.1. The van der Waals surface area contributed by atoms with Crippen molar-refractivity contribution in [3.63, 3.8) is 0 Å². The smallest absolute Gasteiger partial charge is 0.408 e. The molecule has 0 saturated carbocycles. The standard InChI is InChI=1S/C10H22N2O2/c1-7(2)8(6-11)12(9(13)14)10(3,4)5/h7-8H,6,11H2,1-5H3,(H,13,14)/t8-/m1/s1. The number of hydrogen-bond donors (Lipinski definition) is 2. The number of carbonyl (C=O) groups is 1. The molecule has 0 saturated heterocycles. The van der Waals surface area contributed by atoms with Crippen LogP contribution in [0.3, 0.4) is 0 Å². The molecule has 0 rings (SSSR count). The van der Waals surface area contributed by atoms with Gasteiger partial charge in [-0.05, 0) is 26.7 Å². The highest BCUT2D eigenvalue weighted by Crippen LogP contribution is 2.21. The molecule has 0 aromatic carbocycles. The van der Waals surface area contributed by atoms with Crippen molar-refractivity contribution in [1.29, 1.82) is 0 Å². The average Bonchev–Trinajstić information content (AvgIpc) is 1.95. The van der Waals surface area contributed by atoms with Crippen molar-refractivity contribution in [3.05, 3.63) is 0 Å². The van der Waals surface area contributed by atoms with Gasteiger partial charge in [0.05, 0.1) is 6.04 Å². The van der Waals surface area contributed by atoms with E-state index in [0.717, 1.165) is 0 Å². The number of rotatable bonds is 3. The molecule has 0 aliphatic heterocycles. The molecule has 0 fully saturated rings. The van der Waals surface area contributed by atoms with Gasteiger partial charge < -0.3 is 10.8 Å². The summed E-state index contributed by atoms with van der Waals surface area (Å²) in [6.45, 7) is 9.98. The first-order valence-electron chi connectivity index (χ1n) is 4.94. The lowest BCUT2D eigenvalue weighted by molar-refractivity contribution is 0.0571. The first-order valence-corrected chi connectivity index (χ1v) is 4.94. The fraction of sp³-hybridized carbons (Fsp3) is 0.900. The van der Waals surface area contributed by atoms with Crippen LogP contribution in [-0.2, 0) is 0 Å². The molecule has 0 radical (unpaired) electrons. The molecule has 0 bridgehead atoms. The molecule has 0 aliphatic carbocycles. The van der Waals surface area contributed by atoms with Crippen LogP contribution in [0.25, 0.3) is 0 Å². The van der Waals surface area contributed by atoms with Crippen molar-refractivity contribution in [3.8, 4) is 0 Å². The highest BCUT2D eigenvalue weighted by molar-refractivity contribution is 5.66. The maximum atomic E-state index is 11.1. The first-order chi connectivity index (χ1) is 6.21. The quantitative estimate of drug-likeness (QED) is 0.732. The van der Waals surface area contributed by atoms with Gasteiger partial charge in [0.1, 0.15) is 0 Å². The van der Waals surface area contributed by atoms with Crippen LogP contribution in [0.1, 0.15) is 34.6 Å². The second-order valence-electron chi connectivity index (χ2n) is 4.87. The number of amides is 1. The molecule has 0 aliphatic rings. The van der Waals surface area contributed by atoms with Crippen LogP contribution in [0.4, 0.5) is 4.79 Å². The maximum Gasteiger partial charge on any atom is 0.408 e. The summed E-state index contributed by atoms with van der Waals surface area (Å²) < 4.78 is 0. The van der Waals surface area contributed by atoms with Crippen LogP contribution in [0.2, 0.25) is 0 Å². The van der Waals surface area contributed by atoms with Crippen molar-refractivity contribution < 1.29 is 9.90 Å². The summed E-state index contributed by atoms with van der Waals surface area (Å²) in [5, 5.41) is 9.13. The zero-order valence-corrected chi connectivity index (χ0v) is 9.74. The van der Waals surface area contributed by atoms with Gasteiger partial charge in [0, 0.05) is 12.1 Å². The molecule has 0 spiro atoms. The van der Waals surface area contributed by atoms with E-state index >= 15 is 0 Å². The molecule has 3 N–H and O–H groups in total. The predicted molar refractivity (Wildman–Crippen MR) is 57.3 cm³/mol. The van der Waals surface area contributed by atoms with Gasteiger partial charge in [-0.25, -0.2) is 4.79 Å². The van der Waals surface area contributed by atoms with Gasteiger partial charge in [-0.2, -0.15) is 0 Å². The van der Waals surface area contributed by atoms with Gasteiger partial charge in [-0.3, -0.25) is 4.90 Å². The van der Waals surface area contributed by atoms with Crippen molar-refractivity contribution in [2.75, 3.05) is 6.54 Å². The molecule has 0 unspecified atom stereocenters. The van der Waals surface area contributed by atoms with Gasteiger partial charge in [-0.1, -0.05) is 13.8 Å². The van der Waals surface area contributed by atoms with Crippen LogP contribution >= 0.6 is 0 Å². The van der Waals surface area contributed by atoms with Crippen molar-refractivity contribution in [2.24, 2.45) is 11.7 Å². The third kappa shape index (κ3) is 3.18. The lowest BCUT2D eigenvalue weighted by Crippen LogP contribution is -2.55. The van der Waals surface area contributed by atoms with E-state index in [4.69, 9.17) is 10.8 Å². The monoisotopic (exact) mass is 202 g/mol. The topological polar surface area (TPSA) is 66.6 Å². The summed E-state index contributed by atoms with van der Waals surface area (Å²) in [7, 11) is 0. The molecule has 0 aromatic rings. The Balaban J connectivity index is 4.89. The molecule has 0 aromatic heterocycles. The molecule has 84 valence electrons. The van der Waals surface area contributed by atoms with E-state index in [1.807, 2.05) is 34.6 Å². The van der Waals surface area contributed by atoms with Crippen molar-refractivity contribution in [1.82, 2.24) is 4.90 Å². The minimum atomic E-state index is -0.901. The van der Waals surface area contributed by atoms with Gasteiger partial charge in [-0.15, -0.1) is 0 Å². The van der Waals surface area contributed by atoms with Gasteiger partial charge in [0.15, 0.2) is 0 Å². The number of nitrogens with two attached hydrogens (primary N) is 1. The molecule has 1 amide bonds. The molecular formula is C10H22N2O2. The summed E-state index contributed by atoms with van der Waals surface area (Å²) in [6, 6.07) is -0.118. The lowest BCUT2D eigenvalue weighted by Gasteiger charge is -2.41. The predicted octanol–water partition coefficient (Wildman–Crippen LogP) is 1.75. The van der Waals surface area contributed by atoms with Gasteiger partial charge >= 0.3 is 6.09 Å². The normalized spacial score (nSPS) is 14.2. The minimum absolute atomic E-state index is 0.118. The largest absolute Gasteiger partial charge is 0.465 e. The van der Waals surface area contributed by atoms with Crippen molar-refractivity contribution in [2.45, 2.75) is 46.2 Å². The zero-order valence-electron chi connectivity index (χ0n) is 9.74. The van der Waals surface area contributed by atoms with E-state index in [1.165, 1.54) is 4.90 Å². The Morgan fingerprint density at radius 1 is 1.43 bits per heavy atom. The molecule has 4 heteroatoms. The number of nitrogens with zero attached hydrogens (tertiary/aromatic N) is 1. The van der Waals surface area contributed by atoms with E-state index < -0.39 is 11.6 Å². The second-order valence-corrected chi connectivity index (χ2v) is 4.87. The zero-order chi connectivity index (χ0) is 11.5. The van der Waals surface area contributed by atoms with E-state index in [1.54, 1.807) is 0 Å². The SMILES string of the molecule is CC(C)[C@@H](CN)N(C(=O)O)C(C)(C)C. The summed E-state index contributed by atoms with van der Waals surface area (Å²) in [6.07, 6.45) is -0.901. The molecule has 1 atom stereocenters. The number of hydrogen-bond acceptors (Lipinski definition) is 2. The van der Waals surface area contributed by atoms with Crippen molar-refractivity contribution >= 4 is 6.09 Å². The third-order valence-electron chi connectivity index (χ3n) is 2.27. The molecule has 4 nitrogen and oxygen atoms in total. The molecular weight excluding hydrogens is 180 g/mol. The van der Waals surface area contributed by atoms with Crippen LogP contribution in [0.5, 0.6) is 0 Å². The highest BCUT2D eigenvalue weighted by Gasteiger charge is 2.33. The summed E-state index contributed by atoms with van der Waals surface area (Å²) in [4.78, 5) is 12.6. The second kappa shape index (κ2) is 4.64. The highest BCUT2D eigenvalue weighted by atomic mass is 16.4. The van der Waals surface area contributed by atoms with E-state index in [9.17, 15) is 4.79 Å². The fourth-order valence-corrected chi connectivity index (χ4v) is 1.60. The van der Waals surface area contributed by atoms with Gasteiger partial charge in [0.25, 0.3) is 0 Å². The van der Waals surface area contributed by atoms with Crippen LogP contribution < -0.4 is 5.73 Å². The van der Waals surface area contributed by atoms with Crippen LogP contribution in [-0.4, -0.2) is 34.2 Å². The Labute approximate surface area is 86.1 Å². The third-order valence-corrected chi connectivity index (χ3v) is 2.27. The number of carboxylic acid groups (broad SMARTS) is 1.